The van der Waals surface area contributed by atoms with Crippen LogP contribution in [0.5, 0.6) is 0 Å². The Bertz CT molecular complexity index is 1420. The number of para-hydroxylation sites is 1. The van der Waals surface area contributed by atoms with Crippen molar-refractivity contribution in [3.63, 3.8) is 0 Å². The second kappa shape index (κ2) is 12.2. The summed E-state index contributed by atoms with van der Waals surface area (Å²) in [4.78, 5) is 40.9. The lowest BCUT2D eigenvalue weighted by molar-refractivity contribution is -0.0366. The maximum Gasteiger partial charge on any atom is 0.509 e. The van der Waals surface area contributed by atoms with Crippen LogP contribution in [0.15, 0.2) is 24.3 Å². The highest BCUT2D eigenvalue weighted by Gasteiger charge is 2.44. The van der Waals surface area contributed by atoms with Crippen LogP contribution < -0.4 is 10.2 Å². The average molecular weight is 618 g/mol. The largest absolute Gasteiger partial charge is 0.509 e. The summed E-state index contributed by atoms with van der Waals surface area (Å²) in [5.41, 5.74) is -0.0738. The van der Waals surface area contributed by atoms with Gasteiger partial charge in [-0.1, -0.05) is 44.0 Å². The molecule has 0 bridgehead atoms. The molecule has 4 atom stereocenters. The van der Waals surface area contributed by atoms with Crippen LogP contribution in [0.4, 0.5) is 21.4 Å². The number of rotatable bonds is 6. The van der Waals surface area contributed by atoms with Gasteiger partial charge in [0.25, 0.3) is 0 Å². The molecule has 0 saturated heterocycles. The second-order valence-electron chi connectivity index (χ2n) is 12.6. The number of benzene rings is 1. The van der Waals surface area contributed by atoms with Crippen molar-refractivity contribution in [1.82, 2.24) is 15.0 Å². The number of aromatic nitrogens is 3. The summed E-state index contributed by atoms with van der Waals surface area (Å²) in [6, 6.07) is 7.47. The minimum Gasteiger partial charge on any atom is -0.443 e. The van der Waals surface area contributed by atoms with Gasteiger partial charge in [-0.05, 0) is 71.9 Å². The Hall–Kier alpha value is -3.18. The van der Waals surface area contributed by atoms with E-state index in [1.165, 1.54) is 23.3 Å². The fourth-order valence-corrected chi connectivity index (χ4v) is 6.32. The van der Waals surface area contributed by atoms with Crippen molar-refractivity contribution < 1.29 is 23.8 Å². The quantitative estimate of drug-likeness (QED) is 0.217. The molecular weight excluding hydrogens is 578 g/mol. The molecule has 1 aliphatic carbocycles. The van der Waals surface area contributed by atoms with Crippen molar-refractivity contribution in [2.24, 2.45) is 11.8 Å². The summed E-state index contributed by atoms with van der Waals surface area (Å²) in [6.45, 7) is 14.9. The van der Waals surface area contributed by atoms with Crippen LogP contribution in [-0.4, -0.2) is 57.6 Å². The van der Waals surface area contributed by atoms with E-state index in [1.54, 1.807) is 41.5 Å². The summed E-state index contributed by atoms with van der Waals surface area (Å²) < 4.78 is 17.9. The van der Waals surface area contributed by atoms with Crippen LogP contribution in [0.1, 0.15) is 68.2 Å². The van der Waals surface area contributed by atoms with Gasteiger partial charge in [0.15, 0.2) is 0 Å². The zero-order valence-corrected chi connectivity index (χ0v) is 27.2. The Morgan fingerprint density at radius 2 is 1.74 bits per heavy atom. The van der Waals surface area contributed by atoms with Gasteiger partial charge in [0.05, 0.1) is 21.8 Å². The number of nitrogens with one attached hydrogen (secondary N) is 1. The summed E-state index contributed by atoms with van der Waals surface area (Å²) in [5, 5.41) is 4.26. The molecule has 12 heteroatoms. The summed E-state index contributed by atoms with van der Waals surface area (Å²) in [5.74, 6) is 0.796. The Balaban J connectivity index is 1.76. The molecular formula is C30H40ClN5O5S. The third-order valence-electron chi connectivity index (χ3n) is 7.01. The molecule has 1 fully saturated rings. The topological polar surface area (TPSA) is 116 Å². The standard InChI is InChI=1S/C30H40ClN5O5S/c1-10-17-15-19(22(16(17)2)39-28(38)41-30(6,7)8)32-24-21(25-33-18-13-11-12-14-20(18)42-25)23(31)34-26(35-24)36(9)27(37)40-29(3,4)5/h11-14,16-17,19,22H,10,15H2,1-9H3,(H,32,34,35)/t16-,17+,19-,22-/m1/s1. The number of carbonyl (C=O) groups excluding carboxylic acids is 2. The van der Waals surface area contributed by atoms with E-state index < -0.39 is 29.6 Å². The fourth-order valence-electron chi connectivity index (χ4n) is 5.00. The number of nitrogens with zero attached hydrogens (tertiary/aromatic N) is 4. The van der Waals surface area contributed by atoms with Crippen molar-refractivity contribution in [3.8, 4) is 10.6 Å². The highest BCUT2D eigenvalue weighted by atomic mass is 35.5. The van der Waals surface area contributed by atoms with E-state index in [4.69, 9.17) is 35.8 Å². The fraction of sp³-hybridized carbons (Fsp3) is 0.567. The van der Waals surface area contributed by atoms with Gasteiger partial charge in [-0.3, -0.25) is 0 Å². The van der Waals surface area contributed by atoms with E-state index in [1.807, 2.05) is 24.3 Å². The molecule has 1 saturated carbocycles. The minimum absolute atomic E-state index is 0.0595. The Morgan fingerprint density at radius 3 is 2.36 bits per heavy atom. The van der Waals surface area contributed by atoms with E-state index in [0.717, 1.165) is 23.1 Å². The van der Waals surface area contributed by atoms with Crippen LogP contribution in [-0.2, 0) is 14.2 Å². The first kappa shape index (κ1) is 31.7. The summed E-state index contributed by atoms with van der Waals surface area (Å²) >= 11 is 8.30. The number of thiazole rings is 1. The maximum atomic E-state index is 12.9. The highest BCUT2D eigenvalue weighted by molar-refractivity contribution is 7.21. The smallest absolute Gasteiger partial charge is 0.443 e. The molecule has 0 radical (unpaired) electrons. The predicted octanol–water partition coefficient (Wildman–Crippen LogP) is 7.94. The number of fused-ring (bicyclic) bond motifs is 1. The molecule has 2 heterocycles. The third-order valence-corrected chi connectivity index (χ3v) is 8.34. The van der Waals surface area contributed by atoms with Crippen molar-refractivity contribution in [1.29, 1.82) is 0 Å². The third kappa shape index (κ3) is 7.42. The van der Waals surface area contributed by atoms with Crippen molar-refractivity contribution in [2.45, 2.75) is 91.6 Å². The lowest BCUT2D eigenvalue weighted by Gasteiger charge is -2.28. The normalized spacial score (nSPS) is 20.8. The van der Waals surface area contributed by atoms with E-state index >= 15 is 0 Å². The van der Waals surface area contributed by atoms with Crippen LogP contribution in [0.3, 0.4) is 0 Å². The Kier molecular flexibility index (Phi) is 9.22. The molecule has 0 spiro atoms. The van der Waals surface area contributed by atoms with E-state index in [9.17, 15) is 9.59 Å². The molecule has 42 heavy (non-hydrogen) atoms. The van der Waals surface area contributed by atoms with Gasteiger partial charge in [-0.2, -0.15) is 9.97 Å². The number of halogens is 1. The molecule has 228 valence electrons. The van der Waals surface area contributed by atoms with Crippen molar-refractivity contribution in [3.05, 3.63) is 29.4 Å². The van der Waals surface area contributed by atoms with Gasteiger partial charge >= 0.3 is 12.2 Å². The molecule has 0 unspecified atom stereocenters. The van der Waals surface area contributed by atoms with E-state index in [0.29, 0.717) is 22.3 Å². The molecule has 10 nitrogen and oxygen atoms in total. The molecule has 1 N–H and O–H groups in total. The molecule has 1 amide bonds. The van der Waals surface area contributed by atoms with Gasteiger partial charge in [0.1, 0.15) is 33.3 Å². The SMILES string of the molecule is CC[C@H]1C[C@@H](Nc2nc(N(C)C(=O)OC(C)(C)C)nc(Cl)c2-c2nc3ccccc3s2)[C@H](OC(=O)OC(C)(C)C)[C@@H]1C. The minimum atomic E-state index is -0.722. The first-order chi connectivity index (χ1) is 19.6. The Labute approximate surface area is 256 Å². The van der Waals surface area contributed by atoms with Gasteiger partial charge < -0.3 is 19.5 Å². The molecule has 3 aromatic rings. The lowest BCUT2D eigenvalue weighted by atomic mass is 9.95. The van der Waals surface area contributed by atoms with Gasteiger partial charge in [-0.15, -0.1) is 11.3 Å². The lowest BCUT2D eigenvalue weighted by Crippen LogP contribution is -2.38. The number of ether oxygens (including phenoxy) is 3. The molecule has 0 aliphatic heterocycles. The van der Waals surface area contributed by atoms with Crippen LogP contribution in [0.25, 0.3) is 20.8 Å². The number of carbonyl (C=O) groups is 2. The zero-order valence-electron chi connectivity index (χ0n) is 25.6. The first-order valence-electron chi connectivity index (χ1n) is 14.1. The first-order valence-corrected chi connectivity index (χ1v) is 15.3. The van der Waals surface area contributed by atoms with E-state index in [-0.39, 0.29) is 23.1 Å². The van der Waals surface area contributed by atoms with Gasteiger partial charge in [0.2, 0.25) is 5.95 Å². The summed E-state index contributed by atoms with van der Waals surface area (Å²) in [6.07, 6.45) is -0.198. The van der Waals surface area contributed by atoms with Crippen LogP contribution in [0, 0.1) is 11.8 Å². The predicted molar refractivity (Wildman–Crippen MR) is 166 cm³/mol. The molecule has 2 aromatic heterocycles. The number of hydrogen-bond donors (Lipinski definition) is 1. The molecule has 4 rings (SSSR count). The average Bonchev–Trinajstić information content (AvgIpc) is 3.42. The highest BCUT2D eigenvalue weighted by Crippen LogP contribution is 2.42. The number of hydrogen-bond acceptors (Lipinski definition) is 10. The van der Waals surface area contributed by atoms with Gasteiger partial charge in [-0.25, -0.2) is 19.5 Å². The maximum absolute atomic E-state index is 12.9. The number of anilines is 2. The van der Waals surface area contributed by atoms with Gasteiger partial charge in [0, 0.05) is 7.05 Å². The van der Waals surface area contributed by atoms with Crippen molar-refractivity contribution in [2.75, 3.05) is 17.3 Å². The zero-order chi connectivity index (χ0) is 31.0. The molecule has 1 aromatic carbocycles. The van der Waals surface area contributed by atoms with E-state index in [2.05, 4.69) is 24.1 Å². The second-order valence-corrected chi connectivity index (χ2v) is 14.0. The summed E-state index contributed by atoms with van der Waals surface area (Å²) in [7, 11) is 1.53. The molecule has 1 aliphatic rings. The van der Waals surface area contributed by atoms with Crippen molar-refractivity contribution >= 4 is 57.2 Å². The monoisotopic (exact) mass is 617 g/mol. The number of amides is 1. The Morgan fingerprint density at radius 1 is 1.07 bits per heavy atom. The van der Waals surface area contributed by atoms with Crippen LogP contribution >= 0.6 is 22.9 Å². The van der Waals surface area contributed by atoms with Crippen LogP contribution in [0.2, 0.25) is 5.15 Å².